The Kier molecular flexibility index (Phi) is 6.10. The number of nitrogens with one attached hydrogen (secondary N) is 3. The molecule has 2 aromatic heterocycles. The van der Waals surface area contributed by atoms with E-state index in [-0.39, 0.29) is 36.5 Å². The third-order valence-electron chi connectivity index (χ3n) is 4.77. The molecule has 0 aromatic carbocycles. The van der Waals surface area contributed by atoms with Crippen molar-refractivity contribution in [3.8, 4) is 0 Å². The van der Waals surface area contributed by atoms with E-state index in [4.69, 9.17) is 9.26 Å². The number of aromatic nitrogens is 3. The van der Waals surface area contributed by atoms with Crippen LogP contribution in [0.4, 0.5) is 10.6 Å². The molecule has 0 aliphatic heterocycles. The summed E-state index contributed by atoms with van der Waals surface area (Å²) in [6.07, 6.45) is 4.44. The van der Waals surface area contributed by atoms with Crippen molar-refractivity contribution >= 4 is 17.8 Å². The van der Waals surface area contributed by atoms with Gasteiger partial charge < -0.3 is 19.9 Å². The Labute approximate surface area is 157 Å². The fourth-order valence-electron chi connectivity index (χ4n) is 3.11. The van der Waals surface area contributed by atoms with E-state index in [1.807, 2.05) is 19.9 Å². The predicted molar refractivity (Wildman–Crippen MR) is 97.2 cm³/mol. The molecule has 27 heavy (non-hydrogen) atoms. The molecule has 0 unspecified atom stereocenters. The first-order chi connectivity index (χ1) is 13.0. The zero-order valence-electron chi connectivity index (χ0n) is 15.5. The zero-order chi connectivity index (χ0) is 19.2. The third kappa shape index (κ3) is 5.32. The summed E-state index contributed by atoms with van der Waals surface area (Å²) in [4.78, 5) is 23.8. The number of hydrogen-bond acceptors (Lipinski definition) is 6. The standard InChI is InChI=1S/C18H25N5O4/c1-3-11(2)20-18(25)26-13-5-4-12(8-13)15-10-16(23-22-15)21-17(24)9-14-6-7-19-27-14/h6-7,10-13H,3-5,8-9H2,1-2H3,(H,20,25)(H2,21,22,23,24)/t11-,12-,13+/m0/s1. The SMILES string of the molecule is CC[C@H](C)NC(=O)O[C@@H]1CC[C@H](c2cc(NC(=O)Cc3ccno3)n[nH]2)C1. The maximum absolute atomic E-state index is 12.0. The summed E-state index contributed by atoms with van der Waals surface area (Å²) in [6, 6.07) is 3.57. The van der Waals surface area contributed by atoms with Crippen LogP contribution in [0.5, 0.6) is 0 Å². The van der Waals surface area contributed by atoms with Gasteiger partial charge in [-0.05, 0) is 32.6 Å². The van der Waals surface area contributed by atoms with Crippen molar-refractivity contribution in [3.05, 3.63) is 29.8 Å². The molecule has 3 rings (SSSR count). The fourth-order valence-corrected chi connectivity index (χ4v) is 3.11. The number of ether oxygens (including phenoxy) is 1. The maximum Gasteiger partial charge on any atom is 0.407 e. The molecule has 1 aliphatic carbocycles. The molecule has 2 aromatic rings. The van der Waals surface area contributed by atoms with Gasteiger partial charge in [-0.3, -0.25) is 9.89 Å². The number of anilines is 1. The van der Waals surface area contributed by atoms with Gasteiger partial charge in [-0.2, -0.15) is 5.10 Å². The van der Waals surface area contributed by atoms with E-state index in [9.17, 15) is 9.59 Å². The Balaban J connectivity index is 1.47. The molecule has 9 nitrogen and oxygen atoms in total. The number of alkyl carbamates (subject to hydrolysis) is 1. The van der Waals surface area contributed by atoms with Gasteiger partial charge in [-0.25, -0.2) is 4.79 Å². The summed E-state index contributed by atoms with van der Waals surface area (Å²) in [5.74, 6) is 0.959. The predicted octanol–water partition coefficient (Wildman–Crippen LogP) is 2.74. The van der Waals surface area contributed by atoms with E-state index < -0.39 is 0 Å². The van der Waals surface area contributed by atoms with Crippen molar-refractivity contribution in [2.24, 2.45) is 0 Å². The van der Waals surface area contributed by atoms with Gasteiger partial charge in [-0.1, -0.05) is 12.1 Å². The highest BCUT2D eigenvalue weighted by atomic mass is 16.6. The van der Waals surface area contributed by atoms with Crippen LogP contribution in [0.3, 0.4) is 0 Å². The minimum Gasteiger partial charge on any atom is -0.446 e. The number of carbonyl (C=O) groups excluding carboxylic acids is 2. The molecule has 0 radical (unpaired) electrons. The molecular weight excluding hydrogens is 350 g/mol. The molecule has 0 spiro atoms. The molecule has 3 N–H and O–H groups in total. The smallest absolute Gasteiger partial charge is 0.407 e. The lowest BCUT2D eigenvalue weighted by Crippen LogP contribution is -2.34. The summed E-state index contributed by atoms with van der Waals surface area (Å²) in [7, 11) is 0. The second-order valence-electron chi connectivity index (χ2n) is 6.90. The molecule has 2 amide bonds. The van der Waals surface area contributed by atoms with Gasteiger partial charge in [0.25, 0.3) is 0 Å². The van der Waals surface area contributed by atoms with Crippen LogP contribution in [-0.2, 0) is 16.0 Å². The van der Waals surface area contributed by atoms with Crippen LogP contribution < -0.4 is 10.6 Å². The lowest BCUT2D eigenvalue weighted by atomic mass is 10.0. The van der Waals surface area contributed by atoms with Crippen molar-refractivity contribution in [3.63, 3.8) is 0 Å². The third-order valence-corrected chi connectivity index (χ3v) is 4.77. The summed E-state index contributed by atoms with van der Waals surface area (Å²) in [5.41, 5.74) is 0.929. The molecule has 2 heterocycles. The molecule has 0 bridgehead atoms. The van der Waals surface area contributed by atoms with Gasteiger partial charge in [0.15, 0.2) is 5.82 Å². The molecule has 146 valence electrons. The number of carbonyl (C=O) groups is 2. The molecule has 3 atom stereocenters. The average Bonchev–Trinajstić information content (AvgIpc) is 3.36. The molecular formula is C18H25N5O4. The van der Waals surface area contributed by atoms with Crippen molar-refractivity contribution in [2.45, 2.75) is 64.0 Å². The number of H-pyrrole nitrogens is 1. The Bertz CT molecular complexity index is 758. The first-order valence-electron chi connectivity index (χ1n) is 9.25. The molecule has 1 fully saturated rings. The quantitative estimate of drug-likeness (QED) is 0.684. The topological polar surface area (TPSA) is 122 Å². The van der Waals surface area contributed by atoms with Crippen LogP contribution in [0.25, 0.3) is 0 Å². The van der Waals surface area contributed by atoms with Crippen LogP contribution in [0.15, 0.2) is 22.9 Å². The Morgan fingerprint density at radius 3 is 3.04 bits per heavy atom. The fraction of sp³-hybridized carbons (Fsp3) is 0.556. The summed E-state index contributed by atoms with van der Waals surface area (Å²) < 4.78 is 10.4. The normalized spacial score (nSPS) is 20.2. The van der Waals surface area contributed by atoms with Crippen molar-refractivity contribution in [2.75, 3.05) is 5.32 Å². The highest BCUT2D eigenvalue weighted by Crippen LogP contribution is 2.35. The second kappa shape index (κ2) is 8.70. The summed E-state index contributed by atoms with van der Waals surface area (Å²) >= 11 is 0. The van der Waals surface area contributed by atoms with Crippen LogP contribution in [0.2, 0.25) is 0 Å². The van der Waals surface area contributed by atoms with E-state index in [0.29, 0.717) is 11.6 Å². The Hall–Kier alpha value is -2.84. The highest BCUT2D eigenvalue weighted by molar-refractivity contribution is 5.91. The number of amides is 2. The first-order valence-corrected chi connectivity index (χ1v) is 9.25. The highest BCUT2D eigenvalue weighted by Gasteiger charge is 2.30. The van der Waals surface area contributed by atoms with Gasteiger partial charge in [0, 0.05) is 29.8 Å². The number of aromatic amines is 1. The van der Waals surface area contributed by atoms with Crippen LogP contribution in [-0.4, -0.2) is 39.5 Å². The van der Waals surface area contributed by atoms with E-state index in [0.717, 1.165) is 31.4 Å². The lowest BCUT2D eigenvalue weighted by molar-refractivity contribution is -0.115. The molecule has 1 aliphatic rings. The molecule has 1 saturated carbocycles. The number of hydrogen-bond donors (Lipinski definition) is 3. The first kappa shape index (κ1) is 18.9. The largest absolute Gasteiger partial charge is 0.446 e. The van der Waals surface area contributed by atoms with E-state index in [2.05, 4.69) is 26.0 Å². The van der Waals surface area contributed by atoms with Crippen LogP contribution >= 0.6 is 0 Å². The number of rotatable bonds is 7. The van der Waals surface area contributed by atoms with Gasteiger partial charge in [0.05, 0.1) is 12.6 Å². The van der Waals surface area contributed by atoms with E-state index in [1.54, 1.807) is 6.07 Å². The monoisotopic (exact) mass is 375 g/mol. The Morgan fingerprint density at radius 2 is 2.30 bits per heavy atom. The van der Waals surface area contributed by atoms with Crippen molar-refractivity contribution in [1.82, 2.24) is 20.7 Å². The average molecular weight is 375 g/mol. The molecule has 9 heteroatoms. The summed E-state index contributed by atoms with van der Waals surface area (Å²) in [6.45, 7) is 3.96. The van der Waals surface area contributed by atoms with Crippen LogP contribution in [0, 0.1) is 0 Å². The number of nitrogens with zero attached hydrogens (tertiary/aromatic N) is 2. The molecule has 0 saturated heterocycles. The van der Waals surface area contributed by atoms with Gasteiger partial charge in [0.1, 0.15) is 11.9 Å². The van der Waals surface area contributed by atoms with E-state index in [1.165, 1.54) is 6.20 Å². The van der Waals surface area contributed by atoms with Gasteiger partial charge >= 0.3 is 6.09 Å². The maximum atomic E-state index is 12.0. The van der Waals surface area contributed by atoms with Crippen molar-refractivity contribution < 1.29 is 18.8 Å². The minimum absolute atomic E-state index is 0.102. The zero-order valence-corrected chi connectivity index (χ0v) is 15.5. The minimum atomic E-state index is -0.361. The van der Waals surface area contributed by atoms with E-state index >= 15 is 0 Å². The Morgan fingerprint density at radius 1 is 1.44 bits per heavy atom. The van der Waals surface area contributed by atoms with Crippen molar-refractivity contribution in [1.29, 1.82) is 0 Å². The lowest BCUT2D eigenvalue weighted by Gasteiger charge is -2.16. The second-order valence-corrected chi connectivity index (χ2v) is 6.90. The van der Waals surface area contributed by atoms with Gasteiger partial charge in [0.2, 0.25) is 5.91 Å². The van der Waals surface area contributed by atoms with Crippen LogP contribution in [0.1, 0.15) is 56.9 Å². The van der Waals surface area contributed by atoms with Gasteiger partial charge in [-0.15, -0.1) is 0 Å². The summed E-state index contributed by atoms with van der Waals surface area (Å²) in [5, 5.41) is 16.2.